The summed E-state index contributed by atoms with van der Waals surface area (Å²) in [5, 5.41) is 12.2. The second kappa shape index (κ2) is 6.99. The van der Waals surface area contributed by atoms with Gasteiger partial charge < -0.3 is 10.4 Å². The summed E-state index contributed by atoms with van der Waals surface area (Å²) in [5.41, 5.74) is 0.690. The number of aromatic nitrogens is 1. The van der Waals surface area contributed by atoms with E-state index < -0.39 is 5.97 Å². The van der Waals surface area contributed by atoms with E-state index in [1.807, 2.05) is 0 Å². The summed E-state index contributed by atoms with van der Waals surface area (Å²) in [6.07, 6.45) is 4.88. The summed E-state index contributed by atoms with van der Waals surface area (Å²) < 4.78 is 0. The number of nitrogens with one attached hydrogen (secondary N) is 1. The molecule has 0 aromatic carbocycles. The lowest BCUT2D eigenvalue weighted by atomic mass is 10.0. The van der Waals surface area contributed by atoms with E-state index in [2.05, 4.69) is 31.1 Å². The molecule has 1 rings (SSSR count). The first-order valence-corrected chi connectivity index (χ1v) is 6.45. The lowest BCUT2D eigenvalue weighted by Gasteiger charge is -2.16. The largest absolute Gasteiger partial charge is 0.476 e. The van der Waals surface area contributed by atoms with E-state index in [4.69, 9.17) is 5.11 Å². The van der Waals surface area contributed by atoms with Gasteiger partial charge in [-0.15, -0.1) is 0 Å². The van der Waals surface area contributed by atoms with Crippen molar-refractivity contribution >= 4 is 11.7 Å². The molecule has 2 N–H and O–H groups in total. The van der Waals surface area contributed by atoms with E-state index >= 15 is 0 Å². The highest BCUT2D eigenvalue weighted by molar-refractivity contribution is 5.91. The SMILES string of the molecule is CC(C)CCCC(C)Nc1cccnc1C(=O)O. The summed E-state index contributed by atoms with van der Waals surface area (Å²) in [7, 11) is 0. The molecule has 0 aliphatic rings. The van der Waals surface area contributed by atoms with Gasteiger partial charge in [-0.2, -0.15) is 0 Å². The van der Waals surface area contributed by atoms with Gasteiger partial charge in [0.2, 0.25) is 0 Å². The Labute approximate surface area is 108 Å². The first-order chi connectivity index (χ1) is 8.50. The molecule has 1 unspecified atom stereocenters. The van der Waals surface area contributed by atoms with Crippen molar-refractivity contribution in [3.63, 3.8) is 0 Å². The highest BCUT2D eigenvalue weighted by atomic mass is 16.4. The second-order valence-corrected chi connectivity index (χ2v) is 5.07. The van der Waals surface area contributed by atoms with Gasteiger partial charge in [0.05, 0.1) is 5.69 Å². The smallest absolute Gasteiger partial charge is 0.356 e. The van der Waals surface area contributed by atoms with Crippen LogP contribution in [0.2, 0.25) is 0 Å². The molecule has 0 aliphatic carbocycles. The van der Waals surface area contributed by atoms with E-state index in [9.17, 15) is 4.79 Å². The standard InChI is InChI=1S/C14H22N2O2/c1-10(2)6-4-7-11(3)16-12-8-5-9-15-13(12)14(17)18/h5,8-11,16H,4,6-7H2,1-3H3,(H,17,18). The minimum atomic E-state index is -0.993. The molecule has 1 aromatic heterocycles. The number of carbonyl (C=O) groups is 1. The Morgan fingerprint density at radius 3 is 2.72 bits per heavy atom. The van der Waals surface area contributed by atoms with Crippen LogP contribution in [0.1, 0.15) is 50.5 Å². The Morgan fingerprint density at radius 2 is 2.11 bits per heavy atom. The number of pyridine rings is 1. The van der Waals surface area contributed by atoms with Crippen LogP contribution in [0, 0.1) is 5.92 Å². The number of rotatable bonds is 7. The van der Waals surface area contributed by atoms with Crippen molar-refractivity contribution in [2.45, 2.75) is 46.1 Å². The van der Waals surface area contributed by atoms with Crippen LogP contribution in [0.4, 0.5) is 5.69 Å². The predicted octanol–water partition coefficient (Wildman–Crippen LogP) is 3.41. The molecule has 0 fully saturated rings. The molecule has 0 amide bonds. The summed E-state index contributed by atoms with van der Waals surface area (Å²) in [6, 6.07) is 3.76. The van der Waals surface area contributed by atoms with Crippen molar-refractivity contribution in [3.8, 4) is 0 Å². The molecule has 1 atom stereocenters. The van der Waals surface area contributed by atoms with Crippen molar-refractivity contribution in [1.82, 2.24) is 4.98 Å². The van der Waals surface area contributed by atoms with Crippen LogP contribution in [0.5, 0.6) is 0 Å². The number of anilines is 1. The van der Waals surface area contributed by atoms with Crippen molar-refractivity contribution in [2.75, 3.05) is 5.32 Å². The number of nitrogens with zero attached hydrogens (tertiary/aromatic N) is 1. The van der Waals surface area contributed by atoms with Crippen LogP contribution in [-0.2, 0) is 0 Å². The third kappa shape index (κ3) is 4.73. The number of aromatic carboxylic acids is 1. The Bertz CT molecular complexity index is 391. The average molecular weight is 250 g/mol. The van der Waals surface area contributed by atoms with Gasteiger partial charge in [-0.1, -0.05) is 26.7 Å². The molecule has 1 aromatic rings. The van der Waals surface area contributed by atoms with Gasteiger partial charge >= 0.3 is 5.97 Å². The highest BCUT2D eigenvalue weighted by Gasteiger charge is 2.12. The van der Waals surface area contributed by atoms with Gasteiger partial charge in [-0.3, -0.25) is 0 Å². The maximum absolute atomic E-state index is 11.0. The Balaban J connectivity index is 2.53. The lowest BCUT2D eigenvalue weighted by molar-refractivity contribution is 0.0691. The van der Waals surface area contributed by atoms with Crippen molar-refractivity contribution in [2.24, 2.45) is 5.92 Å². The van der Waals surface area contributed by atoms with Gasteiger partial charge in [-0.05, 0) is 31.4 Å². The molecule has 0 radical (unpaired) electrons. The highest BCUT2D eigenvalue weighted by Crippen LogP contribution is 2.16. The Morgan fingerprint density at radius 1 is 1.39 bits per heavy atom. The fourth-order valence-electron chi connectivity index (χ4n) is 1.86. The topological polar surface area (TPSA) is 62.2 Å². The lowest BCUT2D eigenvalue weighted by Crippen LogP contribution is -2.18. The molecule has 0 spiro atoms. The fourth-order valence-corrected chi connectivity index (χ4v) is 1.86. The van der Waals surface area contributed by atoms with Crippen LogP contribution in [0.3, 0.4) is 0 Å². The molecule has 0 aliphatic heterocycles. The maximum atomic E-state index is 11.0. The third-order valence-corrected chi connectivity index (χ3v) is 2.83. The minimum absolute atomic E-state index is 0.0909. The Hall–Kier alpha value is -1.58. The van der Waals surface area contributed by atoms with E-state index in [0.29, 0.717) is 11.6 Å². The molecule has 1 heterocycles. The molecule has 100 valence electrons. The third-order valence-electron chi connectivity index (χ3n) is 2.83. The van der Waals surface area contributed by atoms with Crippen LogP contribution in [0.25, 0.3) is 0 Å². The van der Waals surface area contributed by atoms with Crippen LogP contribution >= 0.6 is 0 Å². The zero-order chi connectivity index (χ0) is 13.5. The van der Waals surface area contributed by atoms with Gasteiger partial charge in [0, 0.05) is 12.2 Å². The molecule has 0 bridgehead atoms. The van der Waals surface area contributed by atoms with E-state index in [0.717, 1.165) is 12.8 Å². The summed E-state index contributed by atoms with van der Waals surface area (Å²) in [6.45, 7) is 6.49. The number of carboxylic acids is 1. The molecule has 0 saturated carbocycles. The molecular weight excluding hydrogens is 228 g/mol. The number of hydrogen-bond donors (Lipinski definition) is 2. The average Bonchev–Trinajstić information content (AvgIpc) is 2.28. The zero-order valence-corrected chi connectivity index (χ0v) is 11.3. The monoisotopic (exact) mass is 250 g/mol. The van der Waals surface area contributed by atoms with Crippen molar-refractivity contribution < 1.29 is 9.90 Å². The molecule has 0 saturated heterocycles. The normalized spacial score (nSPS) is 12.4. The van der Waals surface area contributed by atoms with Gasteiger partial charge in [0.1, 0.15) is 0 Å². The van der Waals surface area contributed by atoms with Gasteiger partial charge in [0.15, 0.2) is 5.69 Å². The first-order valence-electron chi connectivity index (χ1n) is 6.45. The summed E-state index contributed by atoms with van der Waals surface area (Å²) >= 11 is 0. The van der Waals surface area contributed by atoms with Gasteiger partial charge in [0.25, 0.3) is 0 Å². The van der Waals surface area contributed by atoms with Gasteiger partial charge in [-0.25, -0.2) is 9.78 Å². The predicted molar refractivity (Wildman–Crippen MR) is 73.0 cm³/mol. The Kier molecular flexibility index (Phi) is 5.62. The quantitative estimate of drug-likeness (QED) is 0.778. The number of carboxylic acid groups (broad SMARTS) is 1. The van der Waals surface area contributed by atoms with Crippen molar-refractivity contribution in [3.05, 3.63) is 24.0 Å². The van der Waals surface area contributed by atoms with E-state index in [-0.39, 0.29) is 11.7 Å². The second-order valence-electron chi connectivity index (χ2n) is 5.07. The van der Waals surface area contributed by atoms with Crippen LogP contribution in [0.15, 0.2) is 18.3 Å². The molecule has 4 nitrogen and oxygen atoms in total. The molecule has 4 heteroatoms. The van der Waals surface area contributed by atoms with E-state index in [1.165, 1.54) is 12.6 Å². The first kappa shape index (κ1) is 14.5. The van der Waals surface area contributed by atoms with Crippen LogP contribution in [-0.4, -0.2) is 22.1 Å². The van der Waals surface area contributed by atoms with E-state index in [1.54, 1.807) is 12.1 Å². The van der Waals surface area contributed by atoms with Crippen molar-refractivity contribution in [1.29, 1.82) is 0 Å². The minimum Gasteiger partial charge on any atom is -0.476 e. The molecular formula is C14H22N2O2. The summed E-state index contributed by atoms with van der Waals surface area (Å²) in [4.78, 5) is 14.9. The number of hydrogen-bond acceptors (Lipinski definition) is 3. The zero-order valence-electron chi connectivity index (χ0n) is 11.3. The summed E-state index contributed by atoms with van der Waals surface area (Å²) in [5.74, 6) is -0.280. The fraction of sp³-hybridized carbons (Fsp3) is 0.571. The van der Waals surface area contributed by atoms with Crippen LogP contribution < -0.4 is 5.32 Å². The molecule has 18 heavy (non-hydrogen) atoms. The maximum Gasteiger partial charge on any atom is 0.356 e.